The minimum Gasteiger partial charge on any atom is -0.326 e. The van der Waals surface area contributed by atoms with Crippen molar-refractivity contribution in [2.24, 2.45) is 4.99 Å². The summed E-state index contributed by atoms with van der Waals surface area (Å²) in [6.45, 7) is 7.97. The second-order valence-electron chi connectivity index (χ2n) is 7.68. The van der Waals surface area contributed by atoms with Crippen LogP contribution >= 0.6 is 0 Å². The molecule has 6 nitrogen and oxygen atoms in total. The lowest BCUT2D eigenvalue weighted by molar-refractivity contribution is -0.221. The van der Waals surface area contributed by atoms with Gasteiger partial charge in [0.25, 0.3) is 0 Å². The number of hydrogen-bond acceptors (Lipinski definition) is 4. The van der Waals surface area contributed by atoms with Gasteiger partial charge in [-0.3, -0.25) is 5.32 Å². The molecule has 2 rings (SSSR count). The number of anilines is 1. The highest BCUT2D eigenvalue weighted by Gasteiger charge is 2.41. The fourth-order valence-electron chi connectivity index (χ4n) is 3.32. The van der Waals surface area contributed by atoms with E-state index < -0.39 is 5.54 Å². The lowest BCUT2D eigenvalue weighted by atomic mass is 9.94. The number of nitrogens with one attached hydrogen (secondary N) is 2. The van der Waals surface area contributed by atoms with E-state index in [0.29, 0.717) is 18.1 Å². The molecule has 0 amide bonds. The number of benzene rings is 1. The van der Waals surface area contributed by atoms with Gasteiger partial charge in [-0.1, -0.05) is 0 Å². The zero-order valence-corrected chi connectivity index (χ0v) is 15.2. The summed E-state index contributed by atoms with van der Waals surface area (Å²) in [6.07, 6.45) is 4.08. The van der Waals surface area contributed by atoms with E-state index in [9.17, 15) is 9.60 Å². The maximum absolute atomic E-state index is 13.0. The standard InChI is InChI=1S/C18H26FN5O/c1-17(2)10-9-15(11-18(3,4)24(17)25)23-16(21-12-20)22-14-7-5-13(19)6-8-14/h5-8,15,25H,9-11H2,1-4H3,(H2,21,22,23). The molecule has 1 fully saturated rings. The Morgan fingerprint density at radius 2 is 1.92 bits per heavy atom. The van der Waals surface area contributed by atoms with E-state index in [1.54, 1.807) is 12.1 Å². The molecule has 1 atom stereocenters. The van der Waals surface area contributed by atoms with E-state index in [4.69, 9.17) is 5.26 Å². The number of hydrogen-bond donors (Lipinski definition) is 3. The Morgan fingerprint density at radius 3 is 2.52 bits per heavy atom. The van der Waals surface area contributed by atoms with Gasteiger partial charge in [-0.15, -0.1) is 0 Å². The summed E-state index contributed by atoms with van der Waals surface area (Å²) in [6, 6.07) is 5.79. The van der Waals surface area contributed by atoms with Crippen molar-refractivity contribution in [3.63, 3.8) is 0 Å². The fourth-order valence-corrected chi connectivity index (χ4v) is 3.32. The predicted octanol–water partition coefficient (Wildman–Crippen LogP) is 3.47. The molecule has 0 aliphatic carbocycles. The van der Waals surface area contributed by atoms with Crippen LogP contribution in [0.25, 0.3) is 0 Å². The molecule has 7 heteroatoms. The van der Waals surface area contributed by atoms with Gasteiger partial charge in [0.2, 0.25) is 5.96 Å². The quantitative estimate of drug-likeness (QED) is 0.330. The monoisotopic (exact) mass is 347 g/mol. The Hall–Kier alpha value is -2.17. The van der Waals surface area contributed by atoms with Gasteiger partial charge < -0.3 is 10.5 Å². The van der Waals surface area contributed by atoms with Gasteiger partial charge in [-0.05, 0) is 71.2 Å². The summed E-state index contributed by atoms with van der Waals surface area (Å²) in [7, 11) is 0. The Morgan fingerprint density at radius 1 is 1.28 bits per heavy atom. The van der Waals surface area contributed by atoms with E-state index in [2.05, 4.69) is 15.6 Å². The first-order valence-electron chi connectivity index (χ1n) is 8.39. The average molecular weight is 347 g/mol. The van der Waals surface area contributed by atoms with Gasteiger partial charge in [0.1, 0.15) is 5.82 Å². The van der Waals surface area contributed by atoms with Crippen molar-refractivity contribution in [2.75, 3.05) is 5.32 Å². The summed E-state index contributed by atoms with van der Waals surface area (Å²) in [5, 5.41) is 26.5. The van der Waals surface area contributed by atoms with Crippen molar-refractivity contribution in [1.29, 1.82) is 5.26 Å². The van der Waals surface area contributed by atoms with E-state index in [1.807, 2.05) is 33.9 Å². The van der Waals surface area contributed by atoms with Gasteiger partial charge in [-0.25, -0.2) is 9.38 Å². The van der Waals surface area contributed by atoms with Crippen molar-refractivity contribution in [3.8, 4) is 6.19 Å². The van der Waals surface area contributed by atoms with Gasteiger partial charge in [0, 0.05) is 16.8 Å². The van der Waals surface area contributed by atoms with E-state index in [0.717, 1.165) is 12.8 Å². The maximum Gasteiger partial charge on any atom is 0.209 e. The summed E-state index contributed by atoms with van der Waals surface area (Å²) in [5.41, 5.74) is -0.150. The normalized spacial score (nSPS) is 23.4. The van der Waals surface area contributed by atoms with Gasteiger partial charge in [-0.2, -0.15) is 10.3 Å². The van der Waals surface area contributed by atoms with Crippen LogP contribution in [-0.4, -0.2) is 33.3 Å². The van der Waals surface area contributed by atoms with Gasteiger partial charge >= 0.3 is 0 Å². The van der Waals surface area contributed by atoms with Crippen molar-refractivity contribution >= 4 is 11.6 Å². The third-order valence-electron chi connectivity index (χ3n) is 4.56. The number of hydroxylamine groups is 2. The Bertz CT molecular complexity index is 663. The molecule has 0 spiro atoms. The third kappa shape index (κ3) is 4.91. The highest BCUT2D eigenvalue weighted by molar-refractivity contribution is 5.94. The number of nitrogens with zero attached hydrogens (tertiary/aromatic N) is 3. The lowest BCUT2D eigenvalue weighted by Crippen LogP contribution is -2.52. The smallest absolute Gasteiger partial charge is 0.209 e. The summed E-state index contributed by atoms with van der Waals surface area (Å²) < 4.78 is 13.0. The van der Waals surface area contributed by atoms with Crippen LogP contribution in [0.2, 0.25) is 0 Å². The molecule has 1 aromatic carbocycles. The summed E-state index contributed by atoms with van der Waals surface area (Å²) in [4.78, 5) is 4.64. The second kappa shape index (κ2) is 7.38. The molecule has 1 aromatic rings. The second-order valence-corrected chi connectivity index (χ2v) is 7.68. The van der Waals surface area contributed by atoms with Crippen LogP contribution in [0, 0.1) is 17.3 Å². The molecular formula is C18H26FN5O. The summed E-state index contributed by atoms with van der Waals surface area (Å²) in [5.74, 6) is -0.00725. The third-order valence-corrected chi connectivity index (χ3v) is 4.56. The van der Waals surface area contributed by atoms with E-state index >= 15 is 0 Å². The number of nitriles is 1. The fraction of sp³-hybridized carbons (Fsp3) is 0.556. The topological polar surface area (TPSA) is 83.7 Å². The molecule has 136 valence electrons. The van der Waals surface area contributed by atoms with Crippen LogP contribution in [0.1, 0.15) is 47.0 Å². The van der Waals surface area contributed by atoms with E-state index in [1.165, 1.54) is 17.2 Å². The molecular weight excluding hydrogens is 321 g/mol. The maximum atomic E-state index is 13.0. The van der Waals surface area contributed by atoms with Crippen LogP contribution in [0.15, 0.2) is 29.3 Å². The molecule has 1 aliphatic rings. The highest BCUT2D eigenvalue weighted by atomic mass is 19.1. The molecule has 0 radical (unpaired) electrons. The zero-order chi connectivity index (χ0) is 18.7. The van der Waals surface area contributed by atoms with Crippen molar-refractivity contribution in [3.05, 3.63) is 30.1 Å². The Labute approximate surface area is 148 Å². The molecule has 0 aromatic heterocycles. The van der Waals surface area contributed by atoms with Crippen LogP contribution < -0.4 is 10.6 Å². The first kappa shape index (κ1) is 19.2. The number of guanidine groups is 1. The molecule has 1 unspecified atom stereocenters. The zero-order valence-electron chi connectivity index (χ0n) is 15.2. The van der Waals surface area contributed by atoms with Crippen LogP contribution in [0.5, 0.6) is 0 Å². The van der Waals surface area contributed by atoms with Crippen LogP contribution in [0.3, 0.4) is 0 Å². The number of halogens is 1. The van der Waals surface area contributed by atoms with Crippen LogP contribution in [-0.2, 0) is 0 Å². The molecule has 25 heavy (non-hydrogen) atoms. The molecule has 0 bridgehead atoms. The first-order chi connectivity index (χ1) is 11.6. The van der Waals surface area contributed by atoms with E-state index in [-0.39, 0.29) is 17.4 Å². The molecule has 1 aliphatic heterocycles. The SMILES string of the molecule is CC1(C)CCC(N=C(NC#N)Nc2ccc(F)cc2)CC(C)(C)N1O. The Kier molecular flexibility index (Phi) is 5.65. The predicted molar refractivity (Wildman–Crippen MR) is 95.6 cm³/mol. The molecule has 1 saturated heterocycles. The van der Waals surface area contributed by atoms with Crippen molar-refractivity contribution in [1.82, 2.24) is 10.4 Å². The highest BCUT2D eigenvalue weighted by Crippen LogP contribution is 2.36. The lowest BCUT2D eigenvalue weighted by Gasteiger charge is -2.42. The summed E-state index contributed by atoms with van der Waals surface area (Å²) >= 11 is 0. The molecule has 0 saturated carbocycles. The van der Waals surface area contributed by atoms with Crippen molar-refractivity contribution < 1.29 is 9.60 Å². The largest absolute Gasteiger partial charge is 0.326 e. The molecule has 3 N–H and O–H groups in total. The van der Waals surface area contributed by atoms with Gasteiger partial charge in [0.05, 0.1) is 6.04 Å². The molecule has 1 heterocycles. The Balaban J connectivity index is 2.21. The van der Waals surface area contributed by atoms with Crippen molar-refractivity contribution in [2.45, 2.75) is 64.1 Å². The number of aliphatic imine (C=N–C) groups is 1. The minimum atomic E-state index is -0.443. The average Bonchev–Trinajstić information content (AvgIpc) is 2.60. The minimum absolute atomic E-state index is 0.0600. The van der Waals surface area contributed by atoms with Crippen LogP contribution in [0.4, 0.5) is 10.1 Å². The number of rotatable bonds is 2. The van der Waals surface area contributed by atoms with Gasteiger partial charge in [0.15, 0.2) is 6.19 Å². The first-order valence-corrected chi connectivity index (χ1v) is 8.39.